The van der Waals surface area contributed by atoms with Crippen molar-refractivity contribution >= 4 is 46.6 Å². The summed E-state index contributed by atoms with van der Waals surface area (Å²) in [6, 6.07) is 8.91. The highest BCUT2D eigenvalue weighted by Gasteiger charge is 2.27. The van der Waals surface area contributed by atoms with Crippen LogP contribution in [0.15, 0.2) is 36.5 Å². The fourth-order valence-corrected chi connectivity index (χ4v) is 3.48. The van der Waals surface area contributed by atoms with Crippen LogP contribution in [-0.4, -0.2) is 68.0 Å². The van der Waals surface area contributed by atoms with Crippen LogP contribution in [0.3, 0.4) is 0 Å². The van der Waals surface area contributed by atoms with Gasteiger partial charge in [-0.15, -0.1) is 0 Å². The molecule has 32 heavy (non-hydrogen) atoms. The highest BCUT2D eigenvalue weighted by Crippen LogP contribution is 2.24. The number of carbonyl (C=O) groups excluding carboxylic acids is 2. The van der Waals surface area contributed by atoms with Gasteiger partial charge in [-0.05, 0) is 31.2 Å². The van der Waals surface area contributed by atoms with Gasteiger partial charge in [-0.2, -0.15) is 5.10 Å². The molecule has 0 atom stereocenters. The first-order valence-corrected chi connectivity index (χ1v) is 10.5. The minimum atomic E-state index is -0.251. The van der Waals surface area contributed by atoms with Gasteiger partial charge in [0.2, 0.25) is 5.91 Å². The molecule has 0 radical (unpaired) electrons. The number of amides is 2. The zero-order chi connectivity index (χ0) is 22.7. The van der Waals surface area contributed by atoms with Gasteiger partial charge in [-0.25, -0.2) is 9.97 Å². The molecule has 0 unspecified atom stereocenters. The summed E-state index contributed by atoms with van der Waals surface area (Å²) in [5.74, 6) is 1.09. The molecule has 166 valence electrons. The number of aryl methyl sites for hydroxylation is 1. The lowest BCUT2D eigenvalue weighted by Crippen LogP contribution is -2.50. The van der Waals surface area contributed by atoms with Gasteiger partial charge >= 0.3 is 0 Å². The molecule has 0 saturated carbocycles. The van der Waals surface area contributed by atoms with Crippen molar-refractivity contribution in [2.75, 3.05) is 36.8 Å². The molecule has 0 aliphatic carbocycles. The quantitative estimate of drug-likeness (QED) is 0.542. The summed E-state index contributed by atoms with van der Waals surface area (Å²) < 4.78 is 0. The average molecular weight is 455 g/mol. The third kappa shape index (κ3) is 4.97. The summed E-state index contributed by atoms with van der Waals surface area (Å²) >= 11 is 5.99. The van der Waals surface area contributed by atoms with E-state index in [2.05, 4.69) is 30.8 Å². The number of piperazine rings is 1. The third-order valence-electron chi connectivity index (χ3n) is 5.06. The van der Waals surface area contributed by atoms with E-state index >= 15 is 0 Å². The second-order valence-corrected chi connectivity index (χ2v) is 7.88. The fourth-order valence-electron chi connectivity index (χ4n) is 3.35. The molecule has 3 aromatic rings. The van der Waals surface area contributed by atoms with Crippen molar-refractivity contribution in [2.45, 2.75) is 13.8 Å². The van der Waals surface area contributed by atoms with E-state index in [-0.39, 0.29) is 17.5 Å². The number of hydrogen-bond donors (Lipinski definition) is 3. The zero-order valence-corrected chi connectivity index (χ0v) is 18.5. The average Bonchev–Trinajstić information content (AvgIpc) is 3.19. The topological polar surface area (TPSA) is 119 Å². The number of halogens is 1. The minimum absolute atomic E-state index is 0.00557. The van der Waals surface area contributed by atoms with E-state index in [4.69, 9.17) is 11.6 Å². The lowest BCUT2D eigenvalue weighted by molar-refractivity contribution is -0.130. The molecule has 1 saturated heterocycles. The molecular weight excluding hydrogens is 432 g/mol. The van der Waals surface area contributed by atoms with E-state index in [1.165, 1.54) is 13.1 Å². The first kappa shape index (κ1) is 21.6. The number of aromatic amines is 1. The summed E-state index contributed by atoms with van der Waals surface area (Å²) in [6.07, 6.45) is 1.50. The van der Waals surface area contributed by atoms with Crippen molar-refractivity contribution in [3.8, 4) is 0 Å². The Bertz CT molecular complexity index is 1120. The Morgan fingerprint density at radius 3 is 2.34 bits per heavy atom. The van der Waals surface area contributed by atoms with Gasteiger partial charge in [0.15, 0.2) is 23.1 Å². The molecule has 1 aromatic carbocycles. The zero-order valence-electron chi connectivity index (χ0n) is 17.7. The smallest absolute Gasteiger partial charge is 0.276 e. The van der Waals surface area contributed by atoms with Crippen LogP contribution < -0.4 is 10.6 Å². The Morgan fingerprint density at radius 2 is 1.72 bits per heavy atom. The maximum Gasteiger partial charge on any atom is 0.276 e. The number of benzene rings is 1. The number of carbonyl (C=O) groups is 2. The first-order valence-electron chi connectivity index (χ1n) is 10.1. The van der Waals surface area contributed by atoms with Gasteiger partial charge < -0.3 is 20.4 Å². The van der Waals surface area contributed by atoms with Crippen molar-refractivity contribution in [1.29, 1.82) is 0 Å². The van der Waals surface area contributed by atoms with Crippen LogP contribution in [0.25, 0.3) is 0 Å². The molecule has 3 N–H and O–H groups in total. The van der Waals surface area contributed by atoms with Crippen LogP contribution >= 0.6 is 11.6 Å². The Morgan fingerprint density at radius 1 is 1.03 bits per heavy atom. The van der Waals surface area contributed by atoms with E-state index in [1.807, 2.05) is 13.0 Å². The van der Waals surface area contributed by atoms with E-state index in [0.29, 0.717) is 54.3 Å². The number of nitrogens with zero attached hydrogens (tertiary/aromatic N) is 5. The number of nitrogens with one attached hydrogen (secondary N) is 3. The molecule has 11 heteroatoms. The maximum absolute atomic E-state index is 13.2. The van der Waals surface area contributed by atoms with E-state index < -0.39 is 0 Å². The maximum atomic E-state index is 13.2. The summed E-state index contributed by atoms with van der Waals surface area (Å²) in [4.78, 5) is 37.2. The Labute approximate surface area is 190 Å². The molecule has 1 aliphatic rings. The number of anilines is 4. The monoisotopic (exact) mass is 454 g/mol. The largest absolute Gasteiger partial charge is 0.339 e. The SMILES string of the molecule is CC(=O)N1CCN(C(=O)c2ncc(Nc3cc(C)[nH]n3)nc2Nc2ccc(Cl)cc2)CC1. The molecule has 3 heterocycles. The number of hydrogen-bond acceptors (Lipinski definition) is 7. The summed E-state index contributed by atoms with van der Waals surface area (Å²) in [5.41, 5.74) is 1.81. The molecule has 10 nitrogen and oxygen atoms in total. The normalized spacial score (nSPS) is 13.7. The van der Waals surface area contributed by atoms with Gasteiger partial charge in [-0.3, -0.25) is 14.7 Å². The van der Waals surface area contributed by atoms with Crippen LogP contribution in [0, 0.1) is 6.92 Å². The van der Waals surface area contributed by atoms with E-state index in [0.717, 1.165) is 5.69 Å². The second-order valence-electron chi connectivity index (χ2n) is 7.44. The predicted octanol–water partition coefficient (Wildman–Crippen LogP) is 2.95. The van der Waals surface area contributed by atoms with Crippen LogP contribution in [0.1, 0.15) is 23.1 Å². The third-order valence-corrected chi connectivity index (χ3v) is 5.31. The van der Waals surface area contributed by atoms with Gasteiger partial charge in [-0.1, -0.05) is 11.6 Å². The molecular formula is C21H23ClN8O2. The van der Waals surface area contributed by atoms with Gasteiger partial charge in [0, 0.05) is 55.6 Å². The molecule has 1 fully saturated rings. The summed E-state index contributed by atoms with van der Waals surface area (Å²) in [5, 5.41) is 13.8. The van der Waals surface area contributed by atoms with Gasteiger partial charge in [0.1, 0.15) is 0 Å². The van der Waals surface area contributed by atoms with Crippen LogP contribution in [0.5, 0.6) is 0 Å². The Balaban J connectivity index is 1.60. The first-order chi connectivity index (χ1) is 15.4. The molecule has 4 rings (SSSR count). The highest BCUT2D eigenvalue weighted by molar-refractivity contribution is 6.30. The standard InChI is InChI=1S/C21H23ClN8O2/c1-13-11-17(28-27-13)25-18-12-23-19(20(26-18)24-16-5-3-15(22)4-6-16)21(32)30-9-7-29(8-10-30)14(2)31/h3-6,11-12H,7-10H2,1-2H3,(H3,24,25,26,27,28). The fraction of sp³-hybridized carbons (Fsp3) is 0.286. The Hall–Kier alpha value is -3.66. The van der Waals surface area contributed by atoms with Crippen molar-refractivity contribution in [3.63, 3.8) is 0 Å². The van der Waals surface area contributed by atoms with Gasteiger partial charge in [0.05, 0.1) is 6.20 Å². The van der Waals surface area contributed by atoms with Crippen molar-refractivity contribution < 1.29 is 9.59 Å². The molecule has 1 aliphatic heterocycles. The molecule has 0 bridgehead atoms. The van der Waals surface area contributed by atoms with Crippen LogP contribution in [-0.2, 0) is 4.79 Å². The number of H-pyrrole nitrogens is 1. The molecule has 2 aromatic heterocycles. The van der Waals surface area contributed by atoms with Crippen LogP contribution in [0.4, 0.5) is 23.1 Å². The predicted molar refractivity (Wildman–Crippen MR) is 122 cm³/mol. The van der Waals surface area contributed by atoms with Crippen molar-refractivity contribution in [1.82, 2.24) is 30.0 Å². The molecule has 2 amide bonds. The van der Waals surface area contributed by atoms with Crippen molar-refractivity contribution in [2.24, 2.45) is 0 Å². The van der Waals surface area contributed by atoms with E-state index in [1.54, 1.807) is 34.1 Å². The summed E-state index contributed by atoms with van der Waals surface area (Å²) in [7, 11) is 0. The molecule has 0 spiro atoms. The lowest BCUT2D eigenvalue weighted by Gasteiger charge is -2.34. The van der Waals surface area contributed by atoms with Crippen molar-refractivity contribution in [3.05, 3.63) is 52.9 Å². The second kappa shape index (κ2) is 9.23. The highest BCUT2D eigenvalue weighted by atomic mass is 35.5. The van der Waals surface area contributed by atoms with Crippen LogP contribution in [0.2, 0.25) is 5.02 Å². The lowest BCUT2D eigenvalue weighted by atomic mass is 10.2. The summed E-state index contributed by atoms with van der Waals surface area (Å²) in [6.45, 7) is 5.29. The number of aromatic nitrogens is 4. The Kier molecular flexibility index (Phi) is 6.22. The van der Waals surface area contributed by atoms with E-state index in [9.17, 15) is 9.59 Å². The number of rotatable bonds is 5. The minimum Gasteiger partial charge on any atom is -0.339 e. The van der Waals surface area contributed by atoms with Gasteiger partial charge in [0.25, 0.3) is 5.91 Å².